The average Bonchev–Trinajstić information content (AvgIpc) is 3.03. The molecule has 6 heteroatoms. The van der Waals surface area contributed by atoms with E-state index in [4.69, 9.17) is 9.47 Å². The van der Waals surface area contributed by atoms with Crippen LogP contribution in [0.15, 0.2) is 97.1 Å². The molecule has 0 unspecified atom stereocenters. The van der Waals surface area contributed by atoms with Crippen LogP contribution in [0.5, 0.6) is 11.5 Å². The summed E-state index contributed by atoms with van der Waals surface area (Å²) in [6, 6.07) is 31.1. The lowest BCUT2D eigenvalue weighted by atomic mass is 9.68. The molecule has 208 valence electrons. The topological polar surface area (TPSA) is 72.9 Å². The molecule has 41 heavy (non-hydrogen) atoms. The third-order valence-corrected chi connectivity index (χ3v) is 8.03. The van der Waals surface area contributed by atoms with Gasteiger partial charge in [0.25, 0.3) is 0 Å². The van der Waals surface area contributed by atoms with Gasteiger partial charge in [-0.1, -0.05) is 72.8 Å². The van der Waals surface area contributed by atoms with Gasteiger partial charge in [-0.15, -0.1) is 0 Å². The maximum atomic E-state index is 12.1. The molecule has 0 atom stereocenters. The molecular weight excluding hydrogens is 514 g/mol. The van der Waals surface area contributed by atoms with Gasteiger partial charge in [-0.05, 0) is 59.4 Å². The standard InChI is InChI=1S/C35H33NO5/c1-26(39)36-20-18-35(19-21-36,31-10-14-33(15-11-31)40-24-29-8-4-2-6-27(29)22-37)32-12-16-34(17-13-32)41-25-30-9-5-3-7-28(30)23-38/h2-17,22-23H,18-21,24-25H2,1H3. The highest BCUT2D eigenvalue weighted by Crippen LogP contribution is 2.43. The van der Waals surface area contributed by atoms with Gasteiger partial charge < -0.3 is 14.4 Å². The predicted molar refractivity (Wildman–Crippen MR) is 157 cm³/mol. The Morgan fingerprint density at radius 3 is 1.49 bits per heavy atom. The summed E-state index contributed by atoms with van der Waals surface area (Å²) in [5.41, 5.74) is 5.00. The first kappa shape index (κ1) is 27.8. The number of hydrogen-bond donors (Lipinski definition) is 0. The van der Waals surface area contributed by atoms with Crippen molar-refractivity contribution in [3.63, 3.8) is 0 Å². The summed E-state index contributed by atoms with van der Waals surface area (Å²) < 4.78 is 12.0. The molecule has 6 nitrogen and oxygen atoms in total. The third kappa shape index (κ3) is 6.22. The maximum absolute atomic E-state index is 12.1. The maximum Gasteiger partial charge on any atom is 0.219 e. The molecule has 4 aromatic carbocycles. The van der Waals surface area contributed by atoms with Crippen molar-refractivity contribution in [2.24, 2.45) is 0 Å². The van der Waals surface area contributed by atoms with E-state index >= 15 is 0 Å². The quantitative estimate of drug-likeness (QED) is 0.215. The average molecular weight is 548 g/mol. The van der Waals surface area contributed by atoms with Crippen LogP contribution in [-0.2, 0) is 23.4 Å². The number of ether oxygens (including phenoxy) is 2. The van der Waals surface area contributed by atoms with Gasteiger partial charge in [0.1, 0.15) is 37.3 Å². The molecule has 0 radical (unpaired) electrons. The van der Waals surface area contributed by atoms with Crippen molar-refractivity contribution < 1.29 is 23.9 Å². The fourth-order valence-electron chi connectivity index (χ4n) is 5.57. The molecule has 5 rings (SSSR count). The zero-order valence-electron chi connectivity index (χ0n) is 23.1. The van der Waals surface area contributed by atoms with Crippen molar-refractivity contribution in [2.45, 2.75) is 38.4 Å². The van der Waals surface area contributed by atoms with E-state index in [0.29, 0.717) is 37.4 Å². The van der Waals surface area contributed by atoms with E-state index in [-0.39, 0.29) is 11.3 Å². The van der Waals surface area contributed by atoms with Crippen LogP contribution in [0.4, 0.5) is 0 Å². The number of hydrogen-bond acceptors (Lipinski definition) is 5. The lowest BCUT2D eigenvalue weighted by Gasteiger charge is -2.42. The Hall–Kier alpha value is -4.71. The Labute approximate surface area is 240 Å². The van der Waals surface area contributed by atoms with Gasteiger partial charge in [-0.25, -0.2) is 0 Å². The van der Waals surface area contributed by atoms with E-state index in [1.54, 1.807) is 19.1 Å². The third-order valence-electron chi connectivity index (χ3n) is 8.03. The van der Waals surface area contributed by atoms with E-state index in [9.17, 15) is 14.4 Å². The van der Waals surface area contributed by atoms with Crippen LogP contribution in [0.1, 0.15) is 62.7 Å². The molecule has 1 amide bonds. The van der Waals surface area contributed by atoms with Gasteiger partial charge in [0.05, 0.1) is 0 Å². The van der Waals surface area contributed by atoms with Crippen molar-refractivity contribution >= 4 is 18.5 Å². The number of carbonyl (C=O) groups excluding carboxylic acids is 3. The first-order chi connectivity index (χ1) is 20.0. The van der Waals surface area contributed by atoms with E-state index in [1.165, 1.54) is 0 Å². The minimum Gasteiger partial charge on any atom is -0.489 e. The summed E-state index contributed by atoms with van der Waals surface area (Å²) in [5.74, 6) is 1.55. The first-order valence-electron chi connectivity index (χ1n) is 13.8. The van der Waals surface area contributed by atoms with E-state index in [0.717, 1.165) is 59.2 Å². The molecule has 4 aromatic rings. The van der Waals surface area contributed by atoms with Gasteiger partial charge in [-0.3, -0.25) is 14.4 Å². The Bertz CT molecular complexity index is 1400. The molecular formula is C35H33NO5. The zero-order chi connectivity index (χ0) is 28.7. The zero-order valence-corrected chi connectivity index (χ0v) is 23.1. The second kappa shape index (κ2) is 12.6. The molecule has 0 N–H and O–H groups in total. The van der Waals surface area contributed by atoms with Gasteiger partial charge in [-0.2, -0.15) is 0 Å². The molecule has 1 aliphatic rings. The van der Waals surface area contributed by atoms with Crippen LogP contribution < -0.4 is 9.47 Å². The molecule has 0 aliphatic carbocycles. The van der Waals surface area contributed by atoms with Crippen molar-refractivity contribution in [2.75, 3.05) is 13.1 Å². The van der Waals surface area contributed by atoms with Gasteiger partial charge in [0.2, 0.25) is 5.91 Å². The Morgan fingerprint density at radius 1 is 0.683 bits per heavy atom. The highest BCUT2D eigenvalue weighted by atomic mass is 16.5. The molecule has 0 saturated carbocycles. The van der Waals surface area contributed by atoms with Crippen LogP contribution in [0, 0.1) is 0 Å². The van der Waals surface area contributed by atoms with Crippen LogP contribution in [-0.4, -0.2) is 36.5 Å². The summed E-state index contributed by atoms with van der Waals surface area (Å²) in [7, 11) is 0. The molecule has 1 heterocycles. The van der Waals surface area contributed by atoms with Gasteiger partial charge >= 0.3 is 0 Å². The molecule has 0 aromatic heterocycles. The van der Waals surface area contributed by atoms with Crippen molar-refractivity contribution in [3.05, 3.63) is 130 Å². The summed E-state index contributed by atoms with van der Waals surface area (Å²) in [5, 5.41) is 0. The summed E-state index contributed by atoms with van der Waals surface area (Å²) in [6.07, 6.45) is 3.29. The first-order valence-corrected chi connectivity index (χ1v) is 13.8. The number of amides is 1. The highest BCUT2D eigenvalue weighted by Gasteiger charge is 2.38. The summed E-state index contributed by atoms with van der Waals surface area (Å²) >= 11 is 0. The Morgan fingerprint density at radius 2 is 1.10 bits per heavy atom. The lowest BCUT2D eigenvalue weighted by molar-refractivity contribution is -0.130. The minimum atomic E-state index is -0.267. The Balaban J connectivity index is 1.35. The second-order valence-corrected chi connectivity index (χ2v) is 10.3. The van der Waals surface area contributed by atoms with E-state index in [2.05, 4.69) is 24.3 Å². The van der Waals surface area contributed by atoms with Gasteiger partial charge in [0.15, 0.2) is 0 Å². The summed E-state index contributed by atoms with van der Waals surface area (Å²) in [4.78, 5) is 36.7. The molecule has 1 fully saturated rings. The highest BCUT2D eigenvalue weighted by molar-refractivity contribution is 5.77. The minimum absolute atomic E-state index is 0.0947. The van der Waals surface area contributed by atoms with Crippen molar-refractivity contribution in [1.82, 2.24) is 4.90 Å². The second-order valence-electron chi connectivity index (χ2n) is 10.3. The normalized spacial score (nSPS) is 14.2. The van der Waals surface area contributed by atoms with Crippen LogP contribution in [0.3, 0.4) is 0 Å². The monoisotopic (exact) mass is 547 g/mol. The largest absolute Gasteiger partial charge is 0.489 e. The lowest BCUT2D eigenvalue weighted by Crippen LogP contribution is -2.45. The number of benzene rings is 4. The van der Waals surface area contributed by atoms with Crippen LogP contribution >= 0.6 is 0 Å². The smallest absolute Gasteiger partial charge is 0.219 e. The molecule has 1 aliphatic heterocycles. The number of aldehydes is 2. The number of rotatable bonds is 10. The number of likely N-dealkylation sites (tertiary alicyclic amines) is 1. The predicted octanol–water partition coefficient (Wildman–Crippen LogP) is 6.40. The SMILES string of the molecule is CC(=O)N1CCC(c2ccc(OCc3ccccc3C=O)cc2)(c2ccc(OCc3ccccc3C=O)cc2)CC1. The van der Waals surface area contributed by atoms with E-state index in [1.807, 2.05) is 65.6 Å². The van der Waals surface area contributed by atoms with E-state index < -0.39 is 0 Å². The fourth-order valence-corrected chi connectivity index (χ4v) is 5.57. The van der Waals surface area contributed by atoms with Crippen molar-refractivity contribution in [1.29, 1.82) is 0 Å². The number of carbonyl (C=O) groups is 3. The number of piperidine rings is 1. The Kier molecular flexibility index (Phi) is 8.59. The molecule has 0 bridgehead atoms. The number of nitrogens with zero attached hydrogens (tertiary/aromatic N) is 1. The molecule has 1 saturated heterocycles. The molecule has 0 spiro atoms. The fraction of sp³-hybridized carbons (Fsp3) is 0.229. The van der Waals surface area contributed by atoms with Crippen molar-refractivity contribution in [3.8, 4) is 11.5 Å². The summed E-state index contributed by atoms with van der Waals surface area (Å²) in [6.45, 7) is 3.60. The van der Waals surface area contributed by atoms with Crippen LogP contribution in [0.2, 0.25) is 0 Å². The van der Waals surface area contributed by atoms with Gasteiger partial charge in [0, 0.05) is 36.6 Å². The van der Waals surface area contributed by atoms with Crippen LogP contribution in [0.25, 0.3) is 0 Å².